The third-order valence-corrected chi connectivity index (χ3v) is 4.46. The molecular formula is C12H10ClIO4. The molecule has 4 nitrogen and oxygen atoms in total. The van der Waals surface area contributed by atoms with Gasteiger partial charge in [-0.3, -0.25) is 4.79 Å². The lowest BCUT2D eigenvalue weighted by Gasteiger charge is -2.17. The zero-order valence-electron chi connectivity index (χ0n) is 9.27. The number of hydrogen-bond acceptors (Lipinski definition) is 4. The molecule has 0 bridgehead atoms. The van der Waals surface area contributed by atoms with Gasteiger partial charge in [-0.25, -0.2) is 0 Å². The number of alkyl halides is 2. The van der Waals surface area contributed by atoms with Gasteiger partial charge in [-0.1, -0.05) is 28.7 Å². The highest BCUT2D eigenvalue weighted by Crippen LogP contribution is 2.41. The Bertz CT molecular complexity index is 493. The zero-order chi connectivity index (χ0) is 12.7. The molecule has 1 aromatic carbocycles. The summed E-state index contributed by atoms with van der Waals surface area (Å²) in [5.41, 5.74) is 0.951. The minimum atomic E-state index is -0.634. The molecule has 6 heteroatoms. The van der Waals surface area contributed by atoms with Gasteiger partial charge in [0.2, 0.25) is 6.79 Å². The third kappa shape index (κ3) is 1.93. The first-order valence-corrected chi connectivity index (χ1v) is 7.47. The number of cyclic esters (lactones) is 1. The Balaban J connectivity index is 1.96. The van der Waals surface area contributed by atoms with E-state index in [1.807, 2.05) is 18.2 Å². The fourth-order valence-corrected chi connectivity index (χ4v) is 3.34. The smallest absolute Gasteiger partial charge is 0.325 e. The van der Waals surface area contributed by atoms with E-state index in [-0.39, 0.29) is 24.8 Å². The molecule has 1 fully saturated rings. The second kappa shape index (κ2) is 4.77. The highest BCUT2D eigenvalue weighted by molar-refractivity contribution is 14.1. The van der Waals surface area contributed by atoms with Crippen molar-refractivity contribution in [3.05, 3.63) is 23.8 Å². The number of carbonyl (C=O) groups excluding carboxylic acids is 1. The van der Waals surface area contributed by atoms with E-state index in [2.05, 4.69) is 22.6 Å². The van der Waals surface area contributed by atoms with E-state index in [1.165, 1.54) is 0 Å². The van der Waals surface area contributed by atoms with Gasteiger partial charge < -0.3 is 14.2 Å². The van der Waals surface area contributed by atoms with E-state index in [9.17, 15) is 4.79 Å². The highest BCUT2D eigenvalue weighted by Gasteiger charge is 2.44. The summed E-state index contributed by atoms with van der Waals surface area (Å²) >= 11 is 8.33. The molecule has 0 amide bonds. The van der Waals surface area contributed by atoms with Crippen molar-refractivity contribution in [1.82, 2.24) is 0 Å². The van der Waals surface area contributed by atoms with E-state index in [4.69, 9.17) is 25.8 Å². The van der Waals surface area contributed by atoms with Crippen LogP contribution in [0.15, 0.2) is 18.2 Å². The Hall–Kier alpha value is -0.690. The van der Waals surface area contributed by atoms with Gasteiger partial charge in [0.25, 0.3) is 0 Å². The predicted molar refractivity (Wildman–Crippen MR) is 73.7 cm³/mol. The molecule has 1 saturated heterocycles. The maximum Gasteiger partial charge on any atom is 0.325 e. The first-order chi connectivity index (χ1) is 8.70. The summed E-state index contributed by atoms with van der Waals surface area (Å²) in [6, 6.07) is 5.63. The molecule has 2 heterocycles. The van der Waals surface area contributed by atoms with E-state index >= 15 is 0 Å². The number of carbonyl (C=O) groups is 1. The van der Waals surface area contributed by atoms with E-state index in [0.717, 1.165) is 11.3 Å². The monoisotopic (exact) mass is 380 g/mol. The maximum atomic E-state index is 11.5. The molecule has 1 aromatic rings. The second-order valence-electron chi connectivity index (χ2n) is 4.17. The van der Waals surface area contributed by atoms with Crippen molar-refractivity contribution in [1.29, 1.82) is 0 Å². The van der Waals surface area contributed by atoms with Crippen LogP contribution in [0.3, 0.4) is 0 Å². The van der Waals surface area contributed by atoms with Crippen molar-refractivity contribution in [3.8, 4) is 11.5 Å². The fourth-order valence-electron chi connectivity index (χ4n) is 2.25. The molecule has 3 rings (SSSR count). The average Bonchev–Trinajstić information content (AvgIpc) is 2.94. The molecule has 0 N–H and O–H groups in total. The number of esters is 1. The molecule has 2 aliphatic heterocycles. The summed E-state index contributed by atoms with van der Waals surface area (Å²) in [7, 11) is 0. The summed E-state index contributed by atoms with van der Waals surface area (Å²) in [4.78, 5) is 11.5. The average molecular weight is 381 g/mol. The van der Waals surface area contributed by atoms with Gasteiger partial charge in [-0.15, -0.1) is 11.6 Å². The largest absolute Gasteiger partial charge is 0.460 e. The quantitative estimate of drug-likeness (QED) is 0.449. The van der Waals surface area contributed by atoms with Crippen LogP contribution in [0.25, 0.3) is 0 Å². The van der Waals surface area contributed by atoms with E-state index in [0.29, 0.717) is 10.2 Å². The molecule has 0 unspecified atom stereocenters. The van der Waals surface area contributed by atoms with Gasteiger partial charge in [0, 0.05) is 10.3 Å². The van der Waals surface area contributed by atoms with Crippen molar-refractivity contribution in [2.75, 3.05) is 11.2 Å². The van der Waals surface area contributed by atoms with Gasteiger partial charge in [-0.05, 0) is 17.7 Å². The topological polar surface area (TPSA) is 44.8 Å². The van der Waals surface area contributed by atoms with Crippen molar-refractivity contribution in [2.45, 2.75) is 17.4 Å². The standard InChI is InChI=1S/C12H10ClIO4/c13-11-10(9(4-14)18-12(11)15)6-1-2-7-8(3-6)17-5-16-7/h1-3,9-11H,4-5H2/t9-,10+,11-/m1/s1. The summed E-state index contributed by atoms with van der Waals surface area (Å²) in [5, 5.41) is -0.634. The summed E-state index contributed by atoms with van der Waals surface area (Å²) in [5.74, 6) is 0.940. The SMILES string of the molecule is O=C1O[C@H](CI)[C@H](c2ccc3c(c2)OCO3)[C@H]1Cl. The Morgan fingerprint density at radius 1 is 1.33 bits per heavy atom. The Kier molecular flexibility index (Phi) is 3.27. The molecule has 0 saturated carbocycles. The number of rotatable bonds is 2. The second-order valence-corrected chi connectivity index (χ2v) is 5.52. The number of fused-ring (bicyclic) bond motifs is 1. The lowest BCUT2D eigenvalue weighted by atomic mass is 9.92. The van der Waals surface area contributed by atoms with Crippen LogP contribution in [-0.4, -0.2) is 28.7 Å². The van der Waals surface area contributed by atoms with Crippen molar-refractivity contribution < 1.29 is 19.0 Å². The van der Waals surface area contributed by atoms with Crippen LogP contribution in [0.4, 0.5) is 0 Å². The molecule has 18 heavy (non-hydrogen) atoms. The molecule has 0 spiro atoms. The van der Waals surface area contributed by atoms with Crippen LogP contribution in [-0.2, 0) is 9.53 Å². The third-order valence-electron chi connectivity index (χ3n) is 3.14. The van der Waals surface area contributed by atoms with E-state index < -0.39 is 5.38 Å². The van der Waals surface area contributed by atoms with Gasteiger partial charge >= 0.3 is 5.97 Å². The Labute approximate surface area is 123 Å². The van der Waals surface area contributed by atoms with Gasteiger partial charge in [-0.2, -0.15) is 0 Å². The fraction of sp³-hybridized carbons (Fsp3) is 0.417. The molecule has 0 aliphatic carbocycles. The van der Waals surface area contributed by atoms with Crippen LogP contribution in [0.1, 0.15) is 11.5 Å². The number of ether oxygens (including phenoxy) is 3. The van der Waals surface area contributed by atoms with Crippen LogP contribution in [0.5, 0.6) is 11.5 Å². The minimum Gasteiger partial charge on any atom is -0.460 e. The lowest BCUT2D eigenvalue weighted by Crippen LogP contribution is -2.20. The van der Waals surface area contributed by atoms with Crippen LogP contribution in [0, 0.1) is 0 Å². The molecule has 2 aliphatic rings. The summed E-state index contributed by atoms with van der Waals surface area (Å²) in [6.45, 7) is 0.235. The maximum absolute atomic E-state index is 11.5. The van der Waals surface area contributed by atoms with Gasteiger partial charge in [0.15, 0.2) is 11.5 Å². The zero-order valence-corrected chi connectivity index (χ0v) is 12.2. The summed E-state index contributed by atoms with van der Waals surface area (Å²) < 4.78 is 16.6. The number of hydrogen-bond donors (Lipinski definition) is 0. The highest BCUT2D eigenvalue weighted by atomic mass is 127. The number of halogens is 2. The van der Waals surface area contributed by atoms with Crippen molar-refractivity contribution in [3.63, 3.8) is 0 Å². The molecule has 0 aromatic heterocycles. The molecule has 3 atom stereocenters. The van der Waals surface area contributed by atoms with E-state index in [1.54, 1.807) is 0 Å². The molecular weight excluding hydrogens is 370 g/mol. The summed E-state index contributed by atoms with van der Waals surface area (Å²) in [6.07, 6.45) is -0.180. The normalized spacial score (nSPS) is 29.4. The van der Waals surface area contributed by atoms with Gasteiger partial charge in [0.05, 0.1) is 0 Å². The predicted octanol–water partition coefficient (Wildman–Crippen LogP) is 2.47. The van der Waals surface area contributed by atoms with Gasteiger partial charge in [0.1, 0.15) is 11.5 Å². The van der Waals surface area contributed by atoms with Crippen LogP contribution < -0.4 is 9.47 Å². The minimum absolute atomic E-state index is 0.134. The molecule has 96 valence electrons. The molecule has 0 radical (unpaired) electrons. The Morgan fingerprint density at radius 3 is 2.89 bits per heavy atom. The first-order valence-electron chi connectivity index (χ1n) is 5.51. The van der Waals surface area contributed by atoms with Crippen molar-refractivity contribution >= 4 is 40.2 Å². The van der Waals surface area contributed by atoms with Crippen LogP contribution in [0.2, 0.25) is 0 Å². The Morgan fingerprint density at radius 2 is 2.11 bits per heavy atom. The number of benzene rings is 1. The van der Waals surface area contributed by atoms with Crippen molar-refractivity contribution in [2.24, 2.45) is 0 Å². The lowest BCUT2D eigenvalue weighted by molar-refractivity contribution is -0.140. The van der Waals surface area contributed by atoms with Crippen LogP contribution >= 0.6 is 34.2 Å². The first kappa shape index (κ1) is 12.3.